The third-order valence-corrected chi connectivity index (χ3v) is 14.4. The largest absolute Gasteiger partial charge is 0.455 e. The Kier molecular flexibility index (Phi) is 8.14. The first-order valence-electron chi connectivity index (χ1n) is 23.0. The fraction of sp³-hybridized carbons (Fsp3) is 0.0312. The molecule has 11 aromatic carbocycles. The number of nitrogens with zero attached hydrogens (tertiary/aromatic N) is 1. The lowest BCUT2D eigenvalue weighted by Crippen LogP contribution is -2.28. The average Bonchev–Trinajstić information content (AvgIpc) is 3.93. The molecule has 0 N–H and O–H groups in total. The second kappa shape index (κ2) is 14.5. The van der Waals surface area contributed by atoms with Gasteiger partial charge in [0.25, 0.3) is 0 Å². The van der Waals surface area contributed by atoms with Crippen LogP contribution in [0.4, 0.5) is 11.4 Å². The zero-order valence-corrected chi connectivity index (χ0v) is 36.0. The predicted molar refractivity (Wildman–Crippen MR) is 279 cm³/mol. The van der Waals surface area contributed by atoms with Gasteiger partial charge in [-0.05, 0) is 124 Å². The quantitative estimate of drug-likeness (QED) is 0.127. The van der Waals surface area contributed by atoms with Crippen LogP contribution in [0.2, 0.25) is 0 Å². The molecule has 308 valence electrons. The zero-order chi connectivity index (χ0) is 43.3. The summed E-state index contributed by atoms with van der Waals surface area (Å²) >= 11 is 0. The average molecular weight is 840 g/mol. The van der Waals surface area contributed by atoms with Gasteiger partial charge in [-0.1, -0.05) is 200 Å². The molecule has 2 heterocycles. The van der Waals surface area contributed by atoms with Gasteiger partial charge in [0.15, 0.2) is 0 Å². The molecule has 12 aromatic rings. The SMILES string of the molecule is C1=CC2C(C=C1c1cc3ccccc3c3ccccc13)c1cc(-c3cccc4c3oc3ccccc34)ccc1N2c1ccc(-c2c3ccccc3c(-c3ccccc3)c3ccccc23)cc1. The molecule has 0 saturated heterocycles. The van der Waals surface area contributed by atoms with E-state index in [1.165, 1.54) is 93.4 Å². The van der Waals surface area contributed by atoms with Crippen molar-refractivity contribution in [3.8, 4) is 33.4 Å². The Morgan fingerprint density at radius 1 is 0.394 bits per heavy atom. The maximum Gasteiger partial charge on any atom is 0.143 e. The lowest BCUT2D eigenvalue weighted by molar-refractivity contribution is 0.670. The summed E-state index contributed by atoms with van der Waals surface area (Å²) in [7, 11) is 0. The Balaban J connectivity index is 0.930. The number of furan rings is 1. The lowest BCUT2D eigenvalue weighted by atomic mass is 9.83. The zero-order valence-electron chi connectivity index (χ0n) is 36.0. The molecule has 0 spiro atoms. The Morgan fingerprint density at radius 3 is 1.70 bits per heavy atom. The first kappa shape index (κ1) is 37.0. The molecule has 2 aliphatic rings. The molecule has 66 heavy (non-hydrogen) atoms. The summed E-state index contributed by atoms with van der Waals surface area (Å²) in [6, 6.07) is 80.1. The van der Waals surface area contributed by atoms with E-state index in [0.29, 0.717) is 0 Å². The van der Waals surface area contributed by atoms with Gasteiger partial charge in [-0.25, -0.2) is 0 Å². The number of benzene rings is 11. The van der Waals surface area contributed by atoms with Crippen LogP contribution in [0.15, 0.2) is 241 Å². The van der Waals surface area contributed by atoms with Gasteiger partial charge in [-0.3, -0.25) is 0 Å². The number of hydrogen-bond acceptors (Lipinski definition) is 2. The summed E-state index contributed by atoms with van der Waals surface area (Å²) in [5.74, 6) is 0.109. The van der Waals surface area contributed by atoms with E-state index in [2.05, 4.69) is 235 Å². The van der Waals surface area contributed by atoms with Crippen molar-refractivity contribution in [3.63, 3.8) is 0 Å². The van der Waals surface area contributed by atoms with Gasteiger partial charge in [-0.2, -0.15) is 0 Å². The van der Waals surface area contributed by atoms with E-state index in [9.17, 15) is 0 Å². The first-order chi connectivity index (χ1) is 32.7. The highest BCUT2D eigenvalue weighted by atomic mass is 16.3. The molecule has 0 radical (unpaired) electrons. The second-order valence-electron chi connectivity index (χ2n) is 17.9. The summed E-state index contributed by atoms with van der Waals surface area (Å²) < 4.78 is 6.60. The van der Waals surface area contributed by atoms with Gasteiger partial charge < -0.3 is 9.32 Å². The molecule has 0 saturated carbocycles. The van der Waals surface area contributed by atoms with Gasteiger partial charge in [0, 0.05) is 33.6 Å². The smallest absolute Gasteiger partial charge is 0.143 e. The standard InChI is InChI=1S/C64H41NO/c1-2-15-40(16-3-1)62-51-22-8-10-24-53(51)63(54-25-11-9-23-52(54)62)41-29-33-45(34-30-41)65-59-35-31-43(47-26-14-27-55-50-21-12-13-28-61(50)66-64(47)55)38-57(59)58-39-44(32-36-60(58)65)56-37-42-17-4-5-18-46(42)48-19-6-7-20-49(48)56/h1-39,58,60H. The Labute approximate surface area is 382 Å². The third-order valence-electron chi connectivity index (χ3n) is 14.4. The summed E-state index contributed by atoms with van der Waals surface area (Å²) in [5.41, 5.74) is 15.3. The molecular formula is C64H41NO. The number of allylic oxidation sites excluding steroid dienone is 2. The van der Waals surface area contributed by atoms with Gasteiger partial charge in [0.1, 0.15) is 11.2 Å². The summed E-state index contributed by atoms with van der Waals surface area (Å²) in [6.07, 6.45) is 7.35. The fourth-order valence-corrected chi connectivity index (χ4v) is 11.5. The number of fused-ring (bicyclic) bond motifs is 11. The van der Waals surface area contributed by atoms with Crippen molar-refractivity contribution < 1.29 is 4.42 Å². The molecule has 2 atom stereocenters. The fourth-order valence-electron chi connectivity index (χ4n) is 11.5. The lowest BCUT2D eigenvalue weighted by Gasteiger charge is -2.30. The minimum absolute atomic E-state index is 0.0883. The Morgan fingerprint density at radius 2 is 0.970 bits per heavy atom. The molecule has 1 aliphatic heterocycles. The van der Waals surface area contributed by atoms with E-state index in [0.717, 1.165) is 33.1 Å². The van der Waals surface area contributed by atoms with Gasteiger partial charge in [-0.15, -0.1) is 0 Å². The third kappa shape index (κ3) is 5.55. The molecule has 0 amide bonds. The highest BCUT2D eigenvalue weighted by Gasteiger charge is 2.39. The van der Waals surface area contributed by atoms with Crippen molar-refractivity contribution in [1.82, 2.24) is 0 Å². The summed E-state index contributed by atoms with van der Waals surface area (Å²) in [4.78, 5) is 2.56. The normalized spacial score (nSPS) is 15.6. The summed E-state index contributed by atoms with van der Waals surface area (Å²) in [6.45, 7) is 0. The van der Waals surface area contributed by atoms with Crippen LogP contribution in [-0.4, -0.2) is 6.04 Å². The molecule has 2 nitrogen and oxygen atoms in total. The number of hydrogen-bond donors (Lipinski definition) is 0. The van der Waals surface area contributed by atoms with Crippen LogP contribution in [0.3, 0.4) is 0 Å². The minimum atomic E-state index is 0.0883. The molecular weight excluding hydrogens is 799 g/mol. The number of para-hydroxylation sites is 2. The van der Waals surface area contributed by atoms with Crippen LogP contribution in [0.1, 0.15) is 17.0 Å². The van der Waals surface area contributed by atoms with Crippen molar-refractivity contribution in [3.05, 3.63) is 248 Å². The molecule has 1 aromatic heterocycles. The van der Waals surface area contributed by atoms with Gasteiger partial charge in [0.05, 0.1) is 6.04 Å². The molecule has 0 fully saturated rings. The maximum absolute atomic E-state index is 6.60. The number of anilines is 2. The van der Waals surface area contributed by atoms with E-state index in [-0.39, 0.29) is 12.0 Å². The van der Waals surface area contributed by atoms with E-state index >= 15 is 0 Å². The number of rotatable bonds is 5. The minimum Gasteiger partial charge on any atom is -0.455 e. The molecule has 0 bridgehead atoms. The monoisotopic (exact) mass is 839 g/mol. The van der Waals surface area contributed by atoms with E-state index in [1.54, 1.807) is 0 Å². The van der Waals surface area contributed by atoms with Crippen molar-refractivity contribution >= 4 is 82.0 Å². The van der Waals surface area contributed by atoms with E-state index < -0.39 is 0 Å². The van der Waals surface area contributed by atoms with Crippen LogP contribution in [0.5, 0.6) is 0 Å². The molecule has 2 unspecified atom stereocenters. The summed E-state index contributed by atoms with van der Waals surface area (Å²) in [5, 5.41) is 12.4. The highest BCUT2D eigenvalue weighted by Crippen LogP contribution is 2.52. The van der Waals surface area contributed by atoms with Crippen molar-refractivity contribution in [2.45, 2.75) is 12.0 Å². The van der Waals surface area contributed by atoms with Crippen LogP contribution in [-0.2, 0) is 0 Å². The van der Waals surface area contributed by atoms with Crippen LogP contribution >= 0.6 is 0 Å². The molecule has 1 aliphatic carbocycles. The van der Waals surface area contributed by atoms with E-state index in [1.807, 2.05) is 6.07 Å². The van der Waals surface area contributed by atoms with Crippen molar-refractivity contribution in [2.75, 3.05) is 4.90 Å². The highest BCUT2D eigenvalue weighted by molar-refractivity contribution is 6.21. The van der Waals surface area contributed by atoms with Gasteiger partial charge >= 0.3 is 0 Å². The van der Waals surface area contributed by atoms with Crippen LogP contribution in [0, 0.1) is 0 Å². The van der Waals surface area contributed by atoms with Crippen molar-refractivity contribution in [2.24, 2.45) is 0 Å². The van der Waals surface area contributed by atoms with Crippen LogP contribution < -0.4 is 4.90 Å². The predicted octanol–water partition coefficient (Wildman–Crippen LogP) is 17.5. The maximum atomic E-state index is 6.60. The topological polar surface area (TPSA) is 16.4 Å². The van der Waals surface area contributed by atoms with Crippen LogP contribution in [0.25, 0.3) is 104 Å². The van der Waals surface area contributed by atoms with Crippen molar-refractivity contribution in [1.29, 1.82) is 0 Å². The first-order valence-corrected chi connectivity index (χ1v) is 23.0. The van der Waals surface area contributed by atoms with Gasteiger partial charge in [0.2, 0.25) is 0 Å². The van der Waals surface area contributed by atoms with E-state index in [4.69, 9.17) is 4.42 Å². The molecule has 14 rings (SSSR count). The Bertz CT molecular complexity index is 3950. The molecule has 2 heteroatoms. The Hall–Kier alpha value is -8.46. The second-order valence-corrected chi connectivity index (χ2v) is 17.9.